The lowest BCUT2D eigenvalue weighted by molar-refractivity contribution is -0.0925. The Hall–Kier alpha value is -2.02. The van der Waals surface area contributed by atoms with Crippen molar-refractivity contribution in [3.63, 3.8) is 0 Å². The predicted molar refractivity (Wildman–Crippen MR) is 113 cm³/mol. The van der Waals surface area contributed by atoms with Crippen molar-refractivity contribution in [3.8, 4) is 0 Å². The van der Waals surface area contributed by atoms with E-state index in [1.165, 1.54) is 37.7 Å². The number of halogens is 3. The van der Waals surface area contributed by atoms with Crippen LogP contribution in [0.2, 0.25) is 0 Å². The van der Waals surface area contributed by atoms with Gasteiger partial charge in [-0.15, -0.1) is 11.3 Å². The van der Waals surface area contributed by atoms with E-state index in [0.717, 1.165) is 23.3 Å². The lowest BCUT2D eigenvalue weighted by Crippen LogP contribution is -2.21. The van der Waals surface area contributed by atoms with Gasteiger partial charge in [-0.3, -0.25) is 5.41 Å². The molecule has 0 radical (unpaired) electrons. The molecule has 5 N–H and O–H groups in total. The van der Waals surface area contributed by atoms with Gasteiger partial charge in [-0.1, -0.05) is 45.1 Å². The molecule has 0 bridgehead atoms. The number of unbranched alkanes of at least 4 members (excludes halogenated alkanes) is 5. The van der Waals surface area contributed by atoms with Crippen molar-refractivity contribution in [1.29, 1.82) is 5.41 Å². The average molecular weight is 414 g/mol. The molecule has 156 valence electrons. The Morgan fingerprint density at radius 2 is 1.75 bits per heavy atom. The Balaban J connectivity index is 2.82. The number of hydrogen-bond acceptors (Lipinski definition) is 4. The highest BCUT2D eigenvalue weighted by atomic mass is 32.1. The van der Waals surface area contributed by atoms with Gasteiger partial charge in [0.15, 0.2) is 0 Å². The number of alkyl halides is 3. The lowest BCUT2D eigenvalue weighted by Gasteiger charge is -2.09. The summed E-state index contributed by atoms with van der Waals surface area (Å²) < 4.78 is 37.6. The van der Waals surface area contributed by atoms with E-state index in [1.54, 1.807) is 17.4 Å². The summed E-state index contributed by atoms with van der Waals surface area (Å²) in [5, 5.41) is 9.77. The van der Waals surface area contributed by atoms with Crippen LogP contribution in [-0.4, -0.2) is 11.9 Å². The van der Waals surface area contributed by atoms with Crippen LogP contribution in [-0.2, 0) is 6.42 Å². The van der Waals surface area contributed by atoms with Crippen LogP contribution >= 0.6 is 11.3 Å². The summed E-state index contributed by atoms with van der Waals surface area (Å²) in [6, 6.07) is 2.08. The Morgan fingerprint density at radius 3 is 2.36 bits per heavy atom. The fourth-order valence-electron chi connectivity index (χ4n) is 2.73. The molecule has 0 unspecified atom stereocenters. The summed E-state index contributed by atoms with van der Waals surface area (Å²) in [5.74, 6) is 0. The van der Waals surface area contributed by atoms with Crippen LogP contribution in [0.1, 0.15) is 62.8 Å². The molecule has 7 heteroatoms. The van der Waals surface area contributed by atoms with Gasteiger partial charge in [0.2, 0.25) is 0 Å². The van der Waals surface area contributed by atoms with Crippen LogP contribution in [0.5, 0.6) is 0 Å². The Labute approximate surface area is 169 Å². The molecule has 28 heavy (non-hydrogen) atoms. The number of nitrogens with two attached hydrogens (primary N) is 2. The van der Waals surface area contributed by atoms with E-state index < -0.39 is 17.6 Å². The normalized spacial score (nSPS) is 13.8. The van der Waals surface area contributed by atoms with E-state index in [9.17, 15) is 13.2 Å². The van der Waals surface area contributed by atoms with Gasteiger partial charge in [-0.2, -0.15) is 13.2 Å². The molecule has 0 spiro atoms. The van der Waals surface area contributed by atoms with Crippen LogP contribution in [0, 0.1) is 5.41 Å². The highest BCUT2D eigenvalue weighted by molar-refractivity contribution is 7.11. The first kappa shape index (κ1) is 24.0. The quantitative estimate of drug-likeness (QED) is 0.225. The molecule has 0 amide bonds. The molecule has 0 atom stereocenters. The lowest BCUT2D eigenvalue weighted by atomic mass is 10.0. The molecule has 0 aliphatic carbocycles. The molecule has 0 aromatic carbocycles. The van der Waals surface area contributed by atoms with E-state index in [0.29, 0.717) is 6.08 Å². The van der Waals surface area contributed by atoms with E-state index in [-0.39, 0.29) is 5.70 Å². The highest BCUT2D eigenvalue weighted by Gasteiger charge is 2.31. The largest absolute Gasteiger partial charge is 0.430 e. The highest BCUT2D eigenvalue weighted by Crippen LogP contribution is 2.29. The summed E-state index contributed by atoms with van der Waals surface area (Å²) in [4.78, 5) is 1.04. The molecule has 3 nitrogen and oxygen atoms in total. The van der Waals surface area contributed by atoms with E-state index >= 15 is 0 Å². The minimum Gasteiger partial charge on any atom is -0.397 e. The second-order valence-corrected chi connectivity index (χ2v) is 7.56. The summed E-state index contributed by atoms with van der Waals surface area (Å²) >= 11 is 1.57. The number of thiophene rings is 1. The SMILES string of the molecule is C/C=C(\C=C(/N)C(=N)C=C(N)C(F)(F)F)c1sccc1CCCCCCCC. The van der Waals surface area contributed by atoms with Crippen LogP contribution in [0.25, 0.3) is 5.57 Å². The molecule has 0 saturated carbocycles. The Morgan fingerprint density at radius 1 is 1.11 bits per heavy atom. The topological polar surface area (TPSA) is 75.9 Å². The van der Waals surface area contributed by atoms with Gasteiger partial charge in [0.25, 0.3) is 0 Å². The molecule has 0 aliphatic rings. The molecular formula is C21H30F3N3S. The van der Waals surface area contributed by atoms with Gasteiger partial charge in [0, 0.05) is 4.88 Å². The first-order chi connectivity index (χ1) is 13.2. The van der Waals surface area contributed by atoms with Crippen molar-refractivity contribution in [2.24, 2.45) is 11.5 Å². The van der Waals surface area contributed by atoms with E-state index in [4.69, 9.17) is 16.9 Å². The fraction of sp³-hybridized carbons (Fsp3) is 0.476. The third-order valence-corrected chi connectivity index (χ3v) is 5.37. The van der Waals surface area contributed by atoms with Gasteiger partial charge >= 0.3 is 6.18 Å². The smallest absolute Gasteiger partial charge is 0.397 e. The predicted octanol–water partition coefficient (Wildman–Crippen LogP) is 6.32. The van der Waals surface area contributed by atoms with Crippen molar-refractivity contribution < 1.29 is 13.2 Å². The van der Waals surface area contributed by atoms with Crippen LogP contribution in [0.15, 0.2) is 41.1 Å². The molecule has 0 aliphatic heterocycles. The first-order valence-electron chi connectivity index (χ1n) is 9.54. The Kier molecular flexibility index (Phi) is 10.1. The molecule has 1 aromatic heterocycles. The van der Waals surface area contributed by atoms with Crippen LogP contribution < -0.4 is 11.5 Å². The average Bonchev–Trinajstić information content (AvgIpc) is 3.09. The number of hydrogen-bond donors (Lipinski definition) is 3. The molecular weight excluding hydrogens is 383 g/mol. The molecule has 1 aromatic rings. The number of aryl methyl sites for hydroxylation is 1. The maximum atomic E-state index is 12.5. The van der Waals surface area contributed by atoms with Crippen molar-refractivity contribution in [1.82, 2.24) is 0 Å². The number of rotatable bonds is 11. The molecule has 1 rings (SSSR count). The zero-order chi connectivity index (χ0) is 21.2. The zero-order valence-corrected chi connectivity index (χ0v) is 17.3. The fourth-order valence-corrected chi connectivity index (χ4v) is 3.73. The maximum absolute atomic E-state index is 12.5. The molecule has 0 fully saturated rings. The third kappa shape index (κ3) is 7.92. The summed E-state index contributed by atoms with van der Waals surface area (Å²) in [6.45, 7) is 4.04. The zero-order valence-electron chi connectivity index (χ0n) is 16.5. The molecule has 1 heterocycles. The van der Waals surface area contributed by atoms with E-state index in [1.807, 2.05) is 18.4 Å². The second kappa shape index (κ2) is 11.7. The monoisotopic (exact) mass is 413 g/mol. The van der Waals surface area contributed by atoms with Crippen molar-refractivity contribution in [2.45, 2.75) is 65.0 Å². The van der Waals surface area contributed by atoms with Gasteiger partial charge in [0.05, 0.1) is 11.4 Å². The summed E-state index contributed by atoms with van der Waals surface area (Å²) in [7, 11) is 0. The van der Waals surface area contributed by atoms with Crippen molar-refractivity contribution in [2.75, 3.05) is 0 Å². The number of nitrogens with one attached hydrogen (secondary N) is 1. The van der Waals surface area contributed by atoms with Gasteiger partial charge < -0.3 is 11.5 Å². The number of allylic oxidation sites excluding steroid dienone is 5. The van der Waals surface area contributed by atoms with Crippen LogP contribution in [0.4, 0.5) is 13.2 Å². The molecule has 0 saturated heterocycles. The van der Waals surface area contributed by atoms with Gasteiger partial charge in [0.1, 0.15) is 5.70 Å². The minimum atomic E-state index is -4.67. The Bertz CT molecular complexity index is 727. The van der Waals surface area contributed by atoms with Gasteiger partial charge in [-0.25, -0.2) is 0 Å². The summed E-state index contributed by atoms with van der Waals surface area (Å²) in [6.07, 6.45) is 7.51. The first-order valence-corrected chi connectivity index (χ1v) is 10.4. The van der Waals surface area contributed by atoms with Crippen LogP contribution in [0.3, 0.4) is 0 Å². The van der Waals surface area contributed by atoms with Gasteiger partial charge in [-0.05, 0) is 54.5 Å². The standard InChI is InChI=1S/C21H30F3N3S/c1-3-5-6-7-8-9-10-16-11-12-28-20(16)15(4-2)13-17(25)18(26)14-19(27)21(22,23)24/h4,11-14,26H,3,5-10,25,27H2,1-2H3/b15-4+,17-13-,19-14?,26-18?. The summed E-state index contributed by atoms with van der Waals surface area (Å²) in [5.41, 5.74) is 11.0. The van der Waals surface area contributed by atoms with Crippen molar-refractivity contribution >= 4 is 22.6 Å². The third-order valence-electron chi connectivity index (χ3n) is 4.37. The minimum absolute atomic E-state index is 0.0563. The maximum Gasteiger partial charge on any atom is 0.430 e. The second-order valence-electron chi connectivity index (χ2n) is 6.65. The van der Waals surface area contributed by atoms with E-state index in [2.05, 4.69) is 13.0 Å². The van der Waals surface area contributed by atoms with Crippen molar-refractivity contribution in [3.05, 3.63) is 51.5 Å².